The van der Waals surface area contributed by atoms with Gasteiger partial charge in [-0.2, -0.15) is 0 Å². The van der Waals surface area contributed by atoms with Crippen molar-refractivity contribution in [1.29, 1.82) is 0 Å². The first-order chi connectivity index (χ1) is 26.1. The molecule has 0 rings (SSSR count). The molecule has 0 aliphatic heterocycles. The van der Waals surface area contributed by atoms with E-state index >= 15 is 0 Å². The van der Waals surface area contributed by atoms with Gasteiger partial charge in [0.2, 0.25) is 0 Å². The highest BCUT2D eigenvalue weighted by molar-refractivity contribution is 5.70. The minimum absolute atomic E-state index is 0.00271. The van der Waals surface area contributed by atoms with Gasteiger partial charge in [-0.15, -0.1) is 0 Å². The first-order valence-corrected chi connectivity index (χ1v) is 20.6. The summed E-state index contributed by atoms with van der Waals surface area (Å²) in [4.78, 5) is 36.7. The van der Waals surface area contributed by atoms with Gasteiger partial charge in [0.1, 0.15) is 12.6 Å². The predicted molar refractivity (Wildman–Crippen MR) is 222 cm³/mol. The van der Waals surface area contributed by atoms with Crippen LogP contribution in [0.3, 0.4) is 0 Å². The Labute approximate surface area is 329 Å². The number of carbonyl (C=O) groups excluding carboxylic acids is 3. The minimum atomic E-state index is -1.14. The number of rotatable bonds is 35. The van der Waals surface area contributed by atoms with Crippen molar-refractivity contribution >= 4 is 17.9 Å². The molecular weight excluding hydrogens is 679 g/mol. The second-order valence-corrected chi connectivity index (χ2v) is 14.5. The van der Waals surface area contributed by atoms with Crippen LogP contribution >= 0.6 is 0 Å². The Balaban J connectivity index is 4.54. The summed E-state index contributed by atoms with van der Waals surface area (Å²) in [5.41, 5.74) is 0. The highest BCUT2D eigenvalue weighted by Crippen LogP contribution is 2.11. The Morgan fingerprint density at radius 1 is 0.574 bits per heavy atom. The van der Waals surface area contributed by atoms with E-state index in [4.69, 9.17) is 14.2 Å². The zero-order valence-electron chi connectivity index (χ0n) is 34.6. The van der Waals surface area contributed by atoms with E-state index < -0.39 is 24.1 Å². The van der Waals surface area contributed by atoms with Crippen LogP contribution in [-0.4, -0.2) is 75.5 Å². The first-order valence-electron chi connectivity index (χ1n) is 20.6. The van der Waals surface area contributed by atoms with Crippen molar-refractivity contribution in [3.05, 3.63) is 85.1 Å². The van der Waals surface area contributed by atoms with E-state index in [1.165, 1.54) is 19.3 Å². The molecule has 0 bridgehead atoms. The van der Waals surface area contributed by atoms with Crippen LogP contribution in [0.1, 0.15) is 136 Å². The molecule has 0 aromatic heterocycles. The molecule has 54 heavy (non-hydrogen) atoms. The Kier molecular flexibility index (Phi) is 34.1. The maximum absolute atomic E-state index is 12.6. The summed E-state index contributed by atoms with van der Waals surface area (Å²) in [6, 6.07) is -0.743. The third-order valence-corrected chi connectivity index (χ3v) is 8.53. The van der Waals surface area contributed by atoms with Gasteiger partial charge in [-0.3, -0.25) is 9.59 Å². The predicted octanol–water partition coefficient (Wildman–Crippen LogP) is 9.63. The molecule has 0 aromatic carbocycles. The molecule has 0 aliphatic rings. The minimum Gasteiger partial charge on any atom is -0.544 e. The lowest BCUT2D eigenvalue weighted by molar-refractivity contribution is -0.889. The molecule has 0 N–H and O–H groups in total. The summed E-state index contributed by atoms with van der Waals surface area (Å²) >= 11 is 0. The fourth-order valence-corrected chi connectivity index (χ4v) is 5.31. The van der Waals surface area contributed by atoms with Crippen LogP contribution in [0.2, 0.25) is 0 Å². The molecule has 2 unspecified atom stereocenters. The lowest BCUT2D eigenvalue weighted by Crippen LogP contribution is -2.55. The van der Waals surface area contributed by atoms with Crippen LogP contribution in [-0.2, 0) is 28.6 Å². The lowest BCUT2D eigenvalue weighted by Gasteiger charge is -2.34. The smallest absolute Gasteiger partial charge is 0.306 e. The molecule has 0 saturated carbocycles. The van der Waals surface area contributed by atoms with Gasteiger partial charge >= 0.3 is 11.9 Å². The van der Waals surface area contributed by atoms with Crippen molar-refractivity contribution in [2.45, 2.75) is 148 Å². The van der Waals surface area contributed by atoms with E-state index in [9.17, 15) is 19.5 Å². The molecule has 306 valence electrons. The SMILES string of the molecule is CC/C=C\C/C=C\C/C=C\C/C=C\C/C=C\C/C=C\CCC(=O)OC(COCCC(C(=O)[O-])[N+](C)(C)C)COC(=O)CCCCCCC/C=C\CCCC. The van der Waals surface area contributed by atoms with E-state index in [0.717, 1.165) is 77.0 Å². The average Bonchev–Trinajstić information content (AvgIpc) is 3.12. The molecule has 0 aliphatic carbocycles. The van der Waals surface area contributed by atoms with Crippen molar-refractivity contribution in [2.24, 2.45) is 0 Å². The summed E-state index contributed by atoms with van der Waals surface area (Å²) in [7, 11) is 5.36. The second-order valence-electron chi connectivity index (χ2n) is 14.5. The molecule has 0 heterocycles. The Morgan fingerprint density at radius 2 is 1.07 bits per heavy atom. The standard InChI is InChI=1S/C46H75NO7/c1-6-8-10-12-14-16-18-19-20-21-22-23-24-25-27-29-31-33-35-37-45(49)54-42(40-52-39-38-43(46(50)51)47(3,4)5)41-53-44(48)36-34-32-30-28-26-17-15-13-11-9-7-2/h8,10,13-16,19-20,22-23,25,27,31,33,42-43H,6-7,9,11-12,17-18,21,24,26,28-30,32,34-41H2,1-5H3/b10-8-,15-13-,16-14-,20-19-,23-22-,27-25-,33-31-. The monoisotopic (exact) mass is 754 g/mol. The molecule has 0 saturated heterocycles. The quantitative estimate of drug-likeness (QED) is 0.0275. The number of hydrogen-bond donors (Lipinski definition) is 0. The number of unbranched alkanes of at least 4 members (excludes halogenated alkanes) is 7. The second kappa shape index (κ2) is 36.5. The average molecular weight is 754 g/mol. The van der Waals surface area contributed by atoms with Gasteiger partial charge in [-0.25, -0.2) is 0 Å². The van der Waals surface area contributed by atoms with Crippen molar-refractivity contribution in [3.8, 4) is 0 Å². The number of carboxylic acid groups (broad SMARTS) is 1. The fraction of sp³-hybridized carbons (Fsp3) is 0.630. The Bertz CT molecular complexity index is 1160. The van der Waals surface area contributed by atoms with E-state index in [0.29, 0.717) is 12.8 Å². The van der Waals surface area contributed by atoms with Crippen molar-refractivity contribution < 1.29 is 38.2 Å². The number of quaternary nitrogens is 1. The maximum atomic E-state index is 12.6. The van der Waals surface area contributed by atoms with Gasteiger partial charge in [0.05, 0.1) is 40.3 Å². The number of ether oxygens (including phenoxy) is 3. The molecule has 0 amide bonds. The van der Waals surface area contributed by atoms with Crippen molar-refractivity contribution in [3.63, 3.8) is 0 Å². The largest absolute Gasteiger partial charge is 0.544 e. The lowest BCUT2D eigenvalue weighted by atomic mass is 10.1. The third kappa shape index (κ3) is 34.3. The summed E-state index contributed by atoms with van der Waals surface area (Å²) in [5, 5.41) is 11.6. The topological polar surface area (TPSA) is 102 Å². The molecule has 8 heteroatoms. The fourth-order valence-electron chi connectivity index (χ4n) is 5.31. The molecular formula is C46H75NO7. The zero-order valence-corrected chi connectivity index (χ0v) is 34.6. The number of nitrogens with zero attached hydrogens (tertiary/aromatic N) is 1. The highest BCUT2D eigenvalue weighted by atomic mass is 16.6. The van der Waals surface area contributed by atoms with Gasteiger partial charge in [0.15, 0.2) is 6.10 Å². The Morgan fingerprint density at radius 3 is 1.61 bits per heavy atom. The van der Waals surface area contributed by atoms with Crippen LogP contribution < -0.4 is 5.11 Å². The van der Waals surface area contributed by atoms with Crippen LogP contribution in [0.25, 0.3) is 0 Å². The number of allylic oxidation sites excluding steroid dienone is 14. The van der Waals surface area contributed by atoms with Gasteiger partial charge in [-0.1, -0.05) is 131 Å². The van der Waals surface area contributed by atoms with E-state index in [-0.39, 0.29) is 43.1 Å². The molecule has 8 nitrogen and oxygen atoms in total. The van der Waals surface area contributed by atoms with Gasteiger partial charge in [0.25, 0.3) is 0 Å². The number of hydrogen-bond acceptors (Lipinski definition) is 7. The van der Waals surface area contributed by atoms with Crippen molar-refractivity contribution in [1.82, 2.24) is 0 Å². The van der Waals surface area contributed by atoms with Gasteiger partial charge in [0, 0.05) is 19.3 Å². The van der Waals surface area contributed by atoms with Gasteiger partial charge < -0.3 is 28.6 Å². The van der Waals surface area contributed by atoms with E-state index in [1.54, 1.807) is 21.1 Å². The summed E-state index contributed by atoms with van der Waals surface area (Å²) in [6.07, 6.45) is 46.2. The molecule has 0 radical (unpaired) electrons. The number of aliphatic carboxylic acids is 1. The molecule has 0 fully saturated rings. The van der Waals surface area contributed by atoms with Crippen LogP contribution in [0.5, 0.6) is 0 Å². The van der Waals surface area contributed by atoms with Crippen LogP contribution in [0.4, 0.5) is 0 Å². The molecule has 0 spiro atoms. The number of esters is 2. The molecule has 0 aromatic rings. The first kappa shape index (κ1) is 50.5. The number of carbonyl (C=O) groups is 3. The molecule has 2 atom stereocenters. The Hall–Kier alpha value is -3.49. The van der Waals surface area contributed by atoms with Crippen molar-refractivity contribution in [2.75, 3.05) is 41.0 Å². The third-order valence-electron chi connectivity index (χ3n) is 8.53. The van der Waals surface area contributed by atoms with E-state index in [2.05, 4.69) is 86.8 Å². The normalized spacial score (nSPS) is 13.9. The summed E-state index contributed by atoms with van der Waals surface area (Å²) in [5.74, 6) is -1.87. The maximum Gasteiger partial charge on any atom is 0.306 e. The zero-order chi connectivity index (χ0) is 40.0. The van der Waals surface area contributed by atoms with Crippen LogP contribution in [0, 0.1) is 0 Å². The van der Waals surface area contributed by atoms with E-state index in [1.807, 2.05) is 12.2 Å². The summed E-state index contributed by atoms with van der Waals surface area (Å²) < 4.78 is 17.0. The van der Waals surface area contributed by atoms with Gasteiger partial charge in [-0.05, 0) is 70.6 Å². The highest BCUT2D eigenvalue weighted by Gasteiger charge is 2.25. The number of carboxylic acids is 1. The summed E-state index contributed by atoms with van der Waals surface area (Å²) in [6.45, 7) is 4.39. The number of likely N-dealkylation sites (N-methyl/N-ethyl adjacent to an activating group) is 1. The van der Waals surface area contributed by atoms with Crippen LogP contribution in [0.15, 0.2) is 85.1 Å².